The molecule has 0 saturated carbocycles. The number of fused-ring (bicyclic) bond motifs is 3. The molecule has 0 aromatic heterocycles. The number of hydrogen-bond donors (Lipinski definition) is 1. The summed E-state index contributed by atoms with van der Waals surface area (Å²) in [5, 5.41) is 20.5. The molecule has 0 fully saturated rings. The van der Waals surface area contributed by atoms with Crippen molar-refractivity contribution in [2.45, 2.75) is 15.7 Å². The molecule has 2 aliphatic rings. The molecule has 2 N–H and O–H groups in total. The van der Waals surface area contributed by atoms with E-state index in [4.69, 9.17) is 5.73 Å². The first-order valence-electron chi connectivity index (χ1n) is 7.94. The zero-order chi connectivity index (χ0) is 18.3. The SMILES string of the molecule is CSc1ccc([C@@H]2C(C#N)=C(N)N3C(=C2C#N)Sc2ccccc23)cc1. The van der Waals surface area contributed by atoms with Crippen LogP contribution >= 0.6 is 23.5 Å². The normalized spacial score (nSPS) is 18.3. The Bertz CT molecular complexity index is 1040. The molecule has 2 aromatic carbocycles. The first kappa shape index (κ1) is 16.7. The molecule has 0 amide bonds. The van der Waals surface area contributed by atoms with Gasteiger partial charge in [-0.05, 0) is 36.1 Å². The van der Waals surface area contributed by atoms with Gasteiger partial charge in [-0.1, -0.05) is 36.0 Å². The van der Waals surface area contributed by atoms with E-state index in [-0.39, 0.29) is 0 Å². The van der Waals surface area contributed by atoms with Crippen LogP contribution in [0.5, 0.6) is 0 Å². The summed E-state index contributed by atoms with van der Waals surface area (Å²) in [6.07, 6.45) is 2.02. The summed E-state index contributed by atoms with van der Waals surface area (Å²) in [6, 6.07) is 20.4. The van der Waals surface area contributed by atoms with Crippen molar-refractivity contribution in [3.05, 3.63) is 76.1 Å². The summed E-state index contributed by atoms with van der Waals surface area (Å²) < 4.78 is 0. The predicted molar refractivity (Wildman–Crippen MR) is 105 cm³/mol. The quantitative estimate of drug-likeness (QED) is 0.777. The van der Waals surface area contributed by atoms with Crippen LogP contribution in [0.15, 0.2) is 80.3 Å². The Balaban J connectivity index is 1.92. The molecule has 126 valence electrons. The minimum absolute atomic E-state index is 0.401. The van der Waals surface area contributed by atoms with Crippen LogP contribution in [-0.2, 0) is 0 Å². The molecule has 0 bridgehead atoms. The lowest BCUT2D eigenvalue weighted by molar-refractivity contribution is 0.883. The average Bonchev–Trinajstić information content (AvgIpc) is 3.07. The summed E-state index contributed by atoms with van der Waals surface area (Å²) in [5.41, 5.74) is 9.22. The molecule has 6 heteroatoms. The summed E-state index contributed by atoms with van der Waals surface area (Å²) in [6.45, 7) is 0. The number of thioether (sulfide) groups is 2. The van der Waals surface area contributed by atoms with Crippen LogP contribution in [0, 0.1) is 22.7 Å². The summed E-state index contributed by atoms with van der Waals surface area (Å²) in [7, 11) is 0. The lowest BCUT2D eigenvalue weighted by Gasteiger charge is -2.31. The third-order valence-electron chi connectivity index (χ3n) is 4.53. The highest BCUT2D eigenvalue weighted by Gasteiger charge is 2.40. The van der Waals surface area contributed by atoms with Crippen molar-refractivity contribution >= 4 is 29.2 Å². The topological polar surface area (TPSA) is 76.8 Å². The molecule has 0 unspecified atom stereocenters. The molecule has 2 heterocycles. The molecular weight excluding hydrogens is 360 g/mol. The summed E-state index contributed by atoms with van der Waals surface area (Å²) in [4.78, 5) is 4.01. The fourth-order valence-electron chi connectivity index (χ4n) is 3.30. The average molecular weight is 374 g/mol. The van der Waals surface area contributed by atoms with E-state index < -0.39 is 5.92 Å². The van der Waals surface area contributed by atoms with Crippen LogP contribution in [0.3, 0.4) is 0 Å². The van der Waals surface area contributed by atoms with E-state index >= 15 is 0 Å². The van der Waals surface area contributed by atoms with Crippen LogP contribution in [0.2, 0.25) is 0 Å². The van der Waals surface area contributed by atoms with Crippen LogP contribution in [-0.4, -0.2) is 6.26 Å². The Morgan fingerprint density at radius 3 is 2.38 bits per heavy atom. The fraction of sp³-hybridized carbons (Fsp3) is 0.100. The van der Waals surface area contributed by atoms with Crippen molar-refractivity contribution in [3.8, 4) is 12.1 Å². The van der Waals surface area contributed by atoms with E-state index in [1.54, 1.807) is 11.8 Å². The van der Waals surface area contributed by atoms with E-state index in [0.29, 0.717) is 17.0 Å². The van der Waals surface area contributed by atoms with Crippen LogP contribution in [0.4, 0.5) is 5.69 Å². The lowest BCUT2D eigenvalue weighted by Crippen LogP contribution is -2.32. The van der Waals surface area contributed by atoms with Crippen molar-refractivity contribution in [3.63, 3.8) is 0 Å². The van der Waals surface area contributed by atoms with Gasteiger partial charge in [0.15, 0.2) is 0 Å². The second-order valence-corrected chi connectivity index (χ2v) is 7.76. The number of hydrogen-bond acceptors (Lipinski definition) is 6. The molecule has 0 saturated heterocycles. The predicted octanol–water partition coefficient (Wildman–Crippen LogP) is 4.55. The number of nitrogens with zero attached hydrogens (tertiary/aromatic N) is 3. The summed E-state index contributed by atoms with van der Waals surface area (Å²) in [5.74, 6) is -0.0353. The maximum absolute atomic E-state index is 9.92. The number of allylic oxidation sites excluding steroid dienone is 2. The number of rotatable bonds is 2. The van der Waals surface area contributed by atoms with Crippen molar-refractivity contribution in [2.24, 2.45) is 5.73 Å². The van der Waals surface area contributed by atoms with Crippen LogP contribution in [0.25, 0.3) is 0 Å². The first-order chi connectivity index (χ1) is 12.7. The molecule has 0 spiro atoms. The largest absolute Gasteiger partial charge is 0.384 e. The molecule has 0 radical (unpaired) electrons. The molecule has 0 aliphatic carbocycles. The Kier molecular flexibility index (Phi) is 4.16. The van der Waals surface area contributed by atoms with Crippen molar-refractivity contribution in [1.82, 2.24) is 0 Å². The molecular formula is C20H14N4S2. The van der Waals surface area contributed by atoms with E-state index in [1.807, 2.05) is 59.7 Å². The zero-order valence-corrected chi connectivity index (χ0v) is 15.6. The van der Waals surface area contributed by atoms with Crippen molar-refractivity contribution in [1.29, 1.82) is 10.5 Å². The van der Waals surface area contributed by atoms with Gasteiger partial charge in [0.25, 0.3) is 0 Å². The van der Waals surface area contributed by atoms with Gasteiger partial charge in [-0.3, -0.25) is 4.90 Å². The maximum atomic E-state index is 9.92. The van der Waals surface area contributed by atoms with Gasteiger partial charge < -0.3 is 5.73 Å². The van der Waals surface area contributed by atoms with E-state index in [9.17, 15) is 10.5 Å². The van der Waals surface area contributed by atoms with Gasteiger partial charge >= 0.3 is 0 Å². The highest BCUT2D eigenvalue weighted by Crippen LogP contribution is 2.54. The highest BCUT2D eigenvalue weighted by atomic mass is 32.2. The molecule has 2 aromatic rings. The number of nitrogens with two attached hydrogens (primary N) is 1. The number of benzene rings is 2. The Morgan fingerprint density at radius 2 is 1.73 bits per heavy atom. The third kappa shape index (κ3) is 2.39. The number of nitriles is 2. The Labute approximate surface area is 160 Å². The molecule has 4 rings (SSSR count). The van der Waals surface area contributed by atoms with E-state index in [1.165, 1.54) is 11.8 Å². The van der Waals surface area contributed by atoms with Crippen molar-refractivity contribution in [2.75, 3.05) is 11.2 Å². The molecule has 26 heavy (non-hydrogen) atoms. The van der Waals surface area contributed by atoms with Gasteiger partial charge in [0.2, 0.25) is 0 Å². The van der Waals surface area contributed by atoms with Gasteiger partial charge in [0, 0.05) is 9.79 Å². The summed E-state index contributed by atoms with van der Waals surface area (Å²) >= 11 is 3.18. The number of para-hydroxylation sites is 1. The highest BCUT2D eigenvalue weighted by molar-refractivity contribution is 8.03. The monoisotopic (exact) mass is 374 g/mol. The fourth-order valence-corrected chi connectivity index (χ4v) is 4.89. The number of anilines is 1. The van der Waals surface area contributed by atoms with Crippen molar-refractivity contribution < 1.29 is 0 Å². The third-order valence-corrected chi connectivity index (χ3v) is 6.44. The lowest BCUT2D eigenvalue weighted by atomic mass is 9.83. The minimum Gasteiger partial charge on any atom is -0.384 e. The van der Waals surface area contributed by atoms with Crippen LogP contribution in [0.1, 0.15) is 11.5 Å². The van der Waals surface area contributed by atoms with E-state index in [2.05, 4.69) is 12.1 Å². The van der Waals surface area contributed by atoms with Gasteiger partial charge in [-0.2, -0.15) is 10.5 Å². The van der Waals surface area contributed by atoms with Gasteiger partial charge in [0.05, 0.1) is 34.9 Å². The second kappa shape index (κ2) is 6.49. The molecule has 1 atom stereocenters. The van der Waals surface area contributed by atoms with Gasteiger partial charge in [-0.25, -0.2) is 0 Å². The first-order valence-corrected chi connectivity index (χ1v) is 9.98. The Hall–Kier alpha value is -2.80. The minimum atomic E-state index is -0.436. The smallest absolute Gasteiger partial charge is 0.123 e. The van der Waals surface area contributed by atoms with Gasteiger partial charge in [0.1, 0.15) is 10.9 Å². The molecule has 2 aliphatic heterocycles. The van der Waals surface area contributed by atoms with E-state index in [0.717, 1.165) is 26.1 Å². The molecule has 4 nitrogen and oxygen atoms in total. The second-order valence-electron chi connectivity index (χ2n) is 5.85. The van der Waals surface area contributed by atoms with Gasteiger partial charge in [-0.15, -0.1) is 11.8 Å². The Morgan fingerprint density at radius 1 is 1.04 bits per heavy atom. The zero-order valence-electron chi connectivity index (χ0n) is 13.9. The van der Waals surface area contributed by atoms with Crippen LogP contribution < -0.4 is 10.6 Å². The maximum Gasteiger partial charge on any atom is 0.123 e. The standard InChI is InChI=1S/C20H14N4S2/c1-25-13-8-6-12(7-9-13)18-14(10-21)19(23)24-16-4-2-3-5-17(16)26-20(24)15(18)11-22/h2-9,18H,23H2,1H3/t18-/m1/s1.